The van der Waals surface area contributed by atoms with Crippen LogP contribution in [0.15, 0.2) is 58.7 Å². The summed E-state index contributed by atoms with van der Waals surface area (Å²) < 4.78 is 22.2. The molecule has 0 saturated heterocycles. The number of allylic oxidation sites excluding steroid dienone is 2. The Morgan fingerprint density at radius 2 is 1.68 bits per heavy atom. The number of ether oxygens (including phenoxy) is 4. The standard InChI is InChI=1S/C30H35NO6/c1-7-17(2)37-30(33)27-18(3)31-24-14-20(19-8-10-21(34-4)11-9-19)15-25(32)29(24)28(27)23-13-12-22(35-5)16-26(23)36-6/h8-13,16-17,20,27-28H,7,14-15H2,1-6H3/t17-,20-,27?,28+/m1/s1. The Hall–Kier alpha value is -3.61. The number of Topliss-reactive ketones (excluding diaryl/α,β-unsaturated/α-hetero) is 1. The molecule has 1 unspecified atom stereocenters. The molecule has 2 aliphatic rings. The third kappa shape index (κ3) is 5.26. The van der Waals surface area contributed by atoms with E-state index < -0.39 is 11.8 Å². The summed E-state index contributed by atoms with van der Waals surface area (Å²) in [5.41, 5.74) is 3.74. The van der Waals surface area contributed by atoms with Gasteiger partial charge in [-0.05, 0) is 56.4 Å². The number of rotatable bonds is 8. The Balaban J connectivity index is 1.81. The van der Waals surface area contributed by atoms with Gasteiger partial charge >= 0.3 is 5.97 Å². The second-order valence-corrected chi connectivity index (χ2v) is 9.63. The molecule has 2 aromatic rings. The van der Waals surface area contributed by atoms with Gasteiger partial charge in [-0.1, -0.05) is 25.1 Å². The largest absolute Gasteiger partial charge is 0.497 e. The average Bonchev–Trinajstić information content (AvgIpc) is 2.91. The van der Waals surface area contributed by atoms with E-state index in [0.717, 1.165) is 22.6 Å². The summed E-state index contributed by atoms with van der Waals surface area (Å²) in [6, 6.07) is 13.3. The highest BCUT2D eigenvalue weighted by Gasteiger charge is 2.46. The lowest BCUT2D eigenvalue weighted by atomic mass is 9.69. The number of ketones is 1. The van der Waals surface area contributed by atoms with Gasteiger partial charge in [0.1, 0.15) is 23.2 Å². The second-order valence-electron chi connectivity index (χ2n) is 9.63. The fourth-order valence-electron chi connectivity index (χ4n) is 5.24. The predicted molar refractivity (Wildman–Crippen MR) is 142 cm³/mol. The molecule has 1 heterocycles. The Morgan fingerprint density at radius 1 is 1.00 bits per heavy atom. The van der Waals surface area contributed by atoms with Crippen molar-refractivity contribution in [1.82, 2.24) is 0 Å². The predicted octanol–water partition coefficient (Wildman–Crippen LogP) is 5.63. The normalized spacial score (nSPS) is 22.1. The molecule has 2 aromatic carbocycles. The van der Waals surface area contributed by atoms with Gasteiger partial charge in [0.15, 0.2) is 5.78 Å². The molecular formula is C30H35NO6. The minimum atomic E-state index is -0.725. The number of carbonyl (C=O) groups excluding carboxylic acids is 2. The number of methoxy groups -OCH3 is 3. The van der Waals surface area contributed by atoms with E-state index in [1.165, 1.54) is 0 Å². The molecule has 0 bridgehead atoms. The zero-order valence-corrected chi connectivity index (χ0v) is 22.4. The lowest BCUT2D eigenvalue weighted by molar-refractivity contribution is -0.151. The quantitative estimate of drug-likeness (QED) is 0.433. The summed E-state index contributed by atoms with van der Waals surface area (Å²) in [5, 5.41) is 0. The maximum atomic E-state index is 13.8. The molecule has 0 radical (unpaired) electrons. The molecule has 0 saturated carbocycles. The number of esters is 1. The van der Waals surface area contributed by atoms with Crippen molar-refractivity contribution in [1.29, 1.82) is 0 Å². The van der Waals surface area contributed by atoms with Gasteiger partial charge in [0.2, 0.25) is 0 Å². The number of hydrogen-bond acceptors (Lipinski definition) is 7. The first kappa shape index (κ1) is 26.5. The number of nitrogens with zero attached hydrogens (tertiary/aromatic N) is 1. The van der Waals surface area contributed by atoms with E-state index in [2.05, 4.69) is 0 Å². The van der Waals surface area contributed by atoms with Crippen LogP contribution in [0.3, 0.4) is 0 Å². The van der Waals surface area contributed by atoms with Gasteiger partial charge < -0.3 is 18.9 Å². The Kier molecular flexibility index (Phi) is 8.00. The molecule has 1 aliphatic heterocycles. The monoisotopic (exact) mass is 505 g/mol. The Labute approximate surface area is 218 Å². The summed E-state index contributed by atoms with van der Waals surface area (Å²) in [4.78, 5) is 32.2. The zero-order chi connectivity index (χ0) is 26.7. The van der Waals surface area contributed by atoms with Crippen molar-refractivity contribution < 1.29 is 28.5 Å². The first-order chi connectivity index (χ1) is 17.8. The van der Waals surface area contributed by atoms with Crippen LogP contribution in [0.4, 0.5) is 0 Å². The van der Waals surface area contributed by atoms with E-state index in [1.807, 2.05) is 57.2 Å². The maximum Gasteiger partial charge on any atom is 0.315 e. The van der Waals surface area contributed by atoms with Crippen molar-refractivity contribution in [2.75, 3.05) is 21.3 Å². The molecule has 1 aliphatic carbocycles. The second kappa shape index (κ2) is 11.2. The van der Waals surface area contributed by atoms with Crippen molar-refractivity contribution in [2.45, 2.75) is 58.0 Å². The van der Waals surface area contributed by atoms with Crippen LogP contribution >= 0.6 is 0 Å². The van der Waals surface area contributed by atoms with Crippen LogP contribution in [0, 0.1) is 5.92 Å². The maximum absolute atomic E-state index is 13.8. The van der Waals surface area contributed by atoms with E-state index in [1.54, 1.807) is 27.4 Å². The fourth-order valence-corrected chi connectivity index (χ4v) is 5.24. The summed E-state index contributed by atoms with van der Waals surface area (Å²) in [5.74, 6) is 0.271. The van der Waals surface area contributed by atoms with Gasteiger partial charge in [-0.3, -0.25) is 14.6 Å². The molecule has 196 valence electrons. The molecule has 0 aromatic heterocycles. The van der Waals surface area contributed by atoms with Gasteiger partial charge in [0, 0.05) is 41.0 Å². The molecule has 7 heteroatoms. The molecule has 0 spiro atoms. The van der Waals surface area contributed by atoms with Crippen LogP contribution in [0.25, 0.3) is 0 Å². The van der Waals surface area contributed by atoms with Crippen LogP contribution in [0.2, 0.25) is 0 Å². The minimum absolute atomic E-state index is 0.00395. The summed E-state index contributed by atoms with van der Waals surface area (Å²) in [6.07, 6.45) is 1.39. The fraction of sp³-hybridized carbons (Fsp3) is 0.433. The number of hydrogen-bond donors (Lipinski definition) is 0. The molecule has 7 nitrogen and oxygen atoms in total. The van der Waals surface area contributed by atoms with Gasteiger partial charge in [0.05, 0.1) is 27.4 Å². The van der Waals surface area contributed by atoms with E-state index in [4.69, 9.17) is 23.9 Å². The first-order valence-electron chi connectivity index (χ1n) is 12.7. The van der Waals surface area contributed by atoms with Crippen LogP contribution in [-0.2, 0) is 14.3 Å². The average molecular weight is 506 g/mol. The van der Waals surface area contributed by atoms with Crippen LogP contribution < -0.4 is 14.2 Å². The van der Waals surface area contributed by atoms with E-state index in [-0.39, 0.29) is 23.8 Å². The number of aliphatic imine (C=N–C) groups is 1. The third-order valence-electron chi connectivity index (χ3n) is 7.40. The van der Waals surface area contributed by atoms with Crippen LogP contribution in [-0.4, -0.2) is 44.9 Å². The molecule has 0 N–H and O–H groups in total. The summed E-state index contributed by atoms with van der Waals surface area (Å²) in [6.45, 7) is 5.68. The SMILES string of the molecule is CC[C@@H](C)OC(=O)C1C(C)=NC2=C(C(=O)C[C@H](c3ccc(OC)cc3)C2)[C@H]1c1ccc(OC)cc1OC. The van der Waals surface area contributed by atoms with Crippen molar-refractivity contribution in [2.24, 2.45) is 10.9 Å². The Morgan fingerprint density at radius 3 is 2.30 bits per heavy atom. The minimum Gasteiger partial charge on any atom is -0.497 e. The van der Waals surface area contributed by atoms with E-state index in [9.17, 15) is 9.59 Å². The zero-order valence-electron chi connectivity index (χ0n) is 22.4. The van der Waals surface area contributed by atoms with Gasteiger partial charge in [0.25, 0.3) is 0 Å². The highest BCUT2D eigenvalue weighted by atomic mass is 16.5. The molecular weight excluding hydrogens is 470 g/mol. The van der Waals surface area contributed by atoms with Crippen LogP contribution in [0.1, 0.15) is 63.0 Å². The number of benzene rings is 2. The topological polar surface area (TPSA) is 83.4 Å². The summed E-state index contributed by atoms with van der Waals surface area (Å²) >= 11 is 0. The summed E-state index contributed by atoms with van der Waals surface area (Å²) in [7, 11) is 4.79. The van der Waals surface area contributed by atoms with Gasteiger partial charge in [-0.2, -0.15) is 0 Å². The first-order valence-corrected chi connectivity index (χ1v) is 12.7. The highest BCUT2D eigenvalue weighted by molar-refractivity contribution is 6.09. The lowest BCUT2D eigenvalue weighted by Gasteiger charge is -2.37. The molecule has 37 heavy (non-hydrogen) atoms. The van der Waals surface area contributed by atoms with Gasteiger partial charge in [-0.15, -0.1) is 0 Å². The van der Waals surface area contributed by atoms with E-state index >= 15 is 0 Å². The van der Waals surface area contributed by atoms with Gasteiger partial charge in [-0.25, -0.2) is 0 Å². The lowest BCUT2D eigenvalue weighted by Crippen LogP contribution is -2.39. The Bertz CT molecular complexity index is 1230. The highest BCUT2D eigenvalue weighted by Crippen LogP contribution is 2.49. The van der Waals surface area contributed by atoms with Crippen molar-refractivity contribution in [3.8, 4) is 17.2 Å². The van der Waals surface area contributed by atoms with Crippen molar-refractivity contribution >= 4 is 17.5 Å². The van der Waals surface area contributed by atoms with Crippen molar-refractivity contribution in [3.05, 3.63) is 64.9 Å². The molecule has 0 amide bonds. The molecule has 4 rings (SSSR count). The molecule has 0 fully saturated rings. The smallest absolute Gasteiger partial charge is 0.315 e. The van der Waals surface area contributed by atoms with Crippen molar-refractivity contribution in [3.63, 3.8) is 0 Å². The third-order valence-corrected chi connectivity index (χ3v) is 7.40. The van der Waals surface area contributed by atoms with E-state index in [0.29, 0.717) is 42.0 Å². The van der Waals surface area contributed by atoms with Crippen LogP contribution in [0.5, 0.6) is 17.2 Å². The molecule has 4 atom stereocenters. The number of carbonyl (C=O) groups is 2.